The lowest BCUT2D eigenvalue weighted by molar-refractivity contribution is -0.137. The molecule has 162 valence electrons. The highest BCUT2D eigenvalue weighted by molar-refractivity contribution is 6.06. The molecule has 0 saturated carbocycles. The molecule has 3 aromatic rings. The average Bonchev–Trinajstić information content (AvgIpc) is 3.25. The molecule has 1 N–H and O–H groups in total. The summed E-state index contributed by atoms with van der Waals surface area (Å²) in [6, 6.07) is 17.1. The van der Waals surface area contributed by atoms with Crippen molar-refractivity contribution in [2.45, 2.75) is 12.7 Å². The number of anilines is 1. The predicted octanol–water partition coefficient (Wildman–Crippen LogP) is 5.30. The molecule has 0 saturated heterocycles. The van der Waals surface area contributed by atoms with Gasteiger partial charge in [0.1, 0.15) is 5.70 Å². The van der Waals surface area contributed by atoms with E-state index in [1.54, 1.807) is 42.5 Å². The van der Waals surface area contributed by atoms with Crippen LogP contribution in [0.3, 0.4) is 0 Å². The highest BCUT2D eigenvalue weighted by Crippen LogP contribution is 2.45. The lowest BCUT2D eigenvalue weighted by Crippen LogP contribution is -2.33. The van der Waals surface area contributed by atoms with Crippen molar-refractivity contribution in [2.75, 3.05) is 11.7 Å². The number of fused-ring (bicyclic) bond motifs is 2. The molecule has 3 aromatic carbocycles. The number of rotatable bonds is 3. The predicted molar refractivity (Wildman–Crippen MR) is 110 cm³/mol. The molecular weight excluding hydrogens is 423 g/mol. The minimum atomic E-state index is -4.64. The third kappa shape index (κ3) is 3.24. The smallest absolute Gasteiger partial charge is 0.418 e. The third-order valence-electron chi connectivity index (χ3n) is 5.49. The highest BCUT2D eigenvalue weighted by Gasteiger charge is 2.38. The van der Waals surface area contributed by atoms with Crippen LogP contribution in [0.25, 0.3) is 5.57 Å². The Morgan fingerprint density at radius 2 is 1.66 bits per heavy atom. The lowest BCUT2D eigenvalue weighted by Gasteiger charge is -2.34. The maximum Gasteiger partial charge on any atom is 0.418 e. The van der Waals surface area contributed by atoms with Gasteiger partial charge in [-0.3, -0.25) is 0 Å². The van der Waals surface area contributed by atoms with Gasteiger partial charge in [-0.25, -0.2) is 4.79 Å². The van der Waals surface area contributed by atoms with E-state index in [0.29, 0.717) is 33.8 Å². The molecule has 32 heavy (non-hydrogen) atoms. The first kappa shape index (κ1) is 20.0. The number of carbonyl (C=O) groups is 1. The van der Waals surface area contributed by atoms with Gasteiger partial charge in [-0.05, 0) is 41.0 Å². The van der Waals surface area contributed by atoms with Gasteiger partial charge in [0.2, 0.25) is 6.79 Å². The summed E-state index contributed by atoms with van der Waals surface area (Å²) in [7, 11) is 0. The van der Waals surface area contributed by atoms with Crippen LogP contribution < -0.4 is 14.4 Å². The molecule has 0 radical (unpaired) electrons. The number of benzene rings is 3. The van der Waals surface area contributed by atoms with Crippen LogP contribution in [0, 0.1) is 0 Å². The van der Waals surface area contributed by atoms with Crippen molar-refractivity contribution in [1.82, 2.24) is 0 Å². The second kappa shape index (κ2) is 7.33. The third-order valence-corrected chi connectivity index (χ3v) is 5.49. The lowest BCUT2D eigenvalue weighted by atomic mass is 9.87. The SMILES string of the molecule is O=C(O)C1=C(c2ccc3c(c2)OCO3)c2ccccc2CN1c1ccccc1C(F)(F)F. The fraction of sp³-hybridized carbons (Fsp3) is 0.125. The molecule has 0 amide bonds. The number of aliphatic carboxylic acids is 1. The van der Waals surface area contributed by atoms with Crippen LogP contribution in [0.2, 0.25) is 0 Å². The Morgan fingerprint density at radius 3 is 2.44 bits per heavy atom. The van der Waals surface area contributed by atoms with Crippen LogP contribution in [0.15, 0.2) is 72.4 Å². The number of alkyl halides is 3. The number of nitrogens with zero attached hydrogens (tertiary/aromatic N) is 1. The minimum absolute atomic E-state index is 0.0149. The summed E-state index contributed by atoms with van der Waals surface area (Å²) in [5.41, 5.74) is 0.821. The van der Waals surface area contributed by atoms with Gasteiger partial charge in [-0.1, -0.05) is 42.5 Å². The van der Waals surface area contributed by atoms with Crippen LogP contribution in [-0.4, -0.2) is 17.9 Å². The maximum atomic E-state index is 13.8. The summed E-state index contributed by atoms with van der Waals surface area (Å²) in [6.45, 7) is 0.0320. The fourth-order valence-electron chi connectivity index (χ4n) is 4.13. The summed E-state index contributed by atoms with van der Waals surface area (Å²) < 4.78 is 52.1. The Labute approximate surface area is 180 Å². The van der Waals surface area contributed by atoms with Crippen molar-refractivity contribution in [3.05, 3.63) is 94.7 Å². The van der Waals surface area contributed by atoms with Gasteiger partial charge in [0.15, 0.2) is 11.5 Å². The summed E-state index contributed by atoms with van der Waals surface area (Å²) in [6.07, 6.45) is -4.64. The molecule has 2 aliphatic heterocycles. The van der Waals surface area contributed by atoms with E-state index in [0.717, 1.165) is 6.07 Å². The minimum Gasteiger partial charge on any atom is -0.477 e. The second-order valence-electron chi connectivity index (χ2n) is 7.36. The molecule has 0 atom stereocenters. The van der Waals surface area contributed by atoms with E-state index >= 15 is 0 Å². The molecule has 8 heteroatoms. The van der Waals surface area contributed by atoms with E-state index in [-0.39, 0.29) is 24.7 Å². The zero-order valence-electron chi connectivity index (χ0n) is 16.5. The number of hydrogen-bond acceptors (Lipinski definition) is 4. The Morgan fingerprint density at radius 1 is 0.938 bits per heavy atom. The van der Waals surface area contributed by atoms with Gasteiger partial charge in [-0.2, -0.15) is 13.2 Å². The molecule has 5 nitrogen and oxygen atoms in total. The Bertz CT molecular complexity index is 1270. The van der Waals surface area contributed by atoms with Gasteiger partial charge in [0, 0.05) is 12.1 Å². The molecule has 0 aliphatic carbocycles. The van der Waals surface area contributed by atoms with E-state index in [1.807, 2.05) is 0 Å². The van der Waals surface area contributed by atoms with Gasteiger partial charge < -0.3 is 19.5 Å². The van der Waals surface area contributed by atoms with Crippen molar-refractivity contribution in [2.24, 2.45) is 0 Å². The Hall–Kier alpha value is -3.94. The molecule has 0 bridgehead atoms. The Kier molecular flexibility index (Phi) is 4.58. The number of carboxylic acids is 1. The van der Waals surface area contributed by atoms with Crippen molar-refractivity contribution in [3.8, 4) is 11.5 Å². The summed E-state index contributed by atoms with van der Waals surface area (Å²) >= 11 is 0. The molecule has 0 fully saturated rings. The normalized spacial score (nSPS) is 15.0. The van der Waals surface area contributed by atoms with E-state index in [1.165, 1.54) is 23.1 Å². The van der Waals surface area contributed by atoms with Gasteiger partial charge >= 0.3 is 12.1 Å². The maximum absolute atomic E-state index is 13.8. The molecule has 0 spiro atoms. The van der Waals surface area contributed by atoms with Crippen LogP contribution in [-0.2, 0) is 17.5 Å². The first-order chi connectivity index (χ1) is 15.3. The number of halogens is 3. The van der Waals surface area contributed by atoms with Crippen molar-refractivity contribution in [3.63, 3.8) is 0 Å². The monoisotopic (exact) mass is 439 g/mol. The average molecular weight is 439 g/mol. The largest absolute Gasteiger partial charge is 0.477 e. The number of hydrogen-bond donors (Lipinski definition) is 1. The Balaban J connectivity index is 1.79. The van der Waals surface area contributed by atoms with Gasteiger partial charge in [0.25, 0.3) is 0 Å². The number of para-hydroxylation sites is 1. The van der Waals surface area contributed by atoms with E-state index < -0.39 is 17.7 Å². The molecule has 2 heterocycles. The van der Waals surface area contributed by atoms with Crippen LogP contribution in [0.5, 0.6) is 11.5 Å². The zero-order chi connectivity index (χ0) is 22.5. The molecule has 0 unspecified atom stereocenters. The first-order valence-corrected chi connectivity index (χ1v) is 9.74. The summed E-state index contributed by atoms with van der Waals surface area (Å²) in [5, 5.41) is 10.2. The standard InChI is InChI=1S/C24H16F3NO4/c25-24(26,27)17-7-3-4-8-18(17)28-12-15-5-1-2-6-16(15)21(22(28)23(29)30)14-9-10-19-20(11-14)32-13-31-19/h1-11H,12-13H2,(H,29,30). The summed E-state index contributed by atoms with van der Waals surface area (Å²) in [5.74, 6) is -0.358. The second-order valence-corrected chi connectivity index (χ2v) is 7.36. The van der Waals surface area contributed by atoms with E-state index in [9.17, 15) is 23.1 Å². The molecule has 5 rings (SSSR count). The molecule has 0 aromatic heterocycles. The number of carboxylic acid groups (broad SMARTS) is 1. The van der Waals surface area contributed by atoms with Gasteiger partial charge in [-0.15, -0.1) is 0 Å². The summed E-state index contributed by atoms with van der Waals surface area (Å²) in [4.78, 5) is 13.7. The highest BCUT2D eigenvalue weighted by atomic mass is 19.4. The van der Waals surface area contributed by atoms with Crippen LogP contribution in [0.1, 0.15) is 22.3 Å². The topological polar surface area (TPSA) is 59.0 Å². The van der Waals surface area contributed by atoms with Crippen molar-refractivity contribution >= 4 is 17.2 Å². The van der Waals surface area contributed by atoms with Gasteiger partial charge in [0.05, 0.1) is 11.3 Å². The number of ether oxygens (including phenoxy) is 2. The molecule has 2 aliphatic rings. The van der Waals surface area contributed by atoms with Crippen LogP contribution >= 0.6 is 0 Å². The first-order valence-electron chi connectivity index (χ1n) is 9.74. The zero-order valence-corrected chi connectivity index (χ0v) is 16.5. The fourth-order valence-corrected chi connectivity index (χ4v) is 4.13. The van der Waals surface area contributed by atoms with Crippen molar-refractivity contribution in [1.29, 1.82) is 0 Å². The van der Waals surface area contributed by atoms with Crippen molar-refractivity contribution < 1.29 is 32.5 Å². The molecular formula is C24H16F3NO4. The van der Waals surface area contributed by atoms with Crippen LogP contribution in [0.4, 0.5) is 18.9 Å². The quantitative estimate of drug-likeness (QED) is 0.600. The van der Waals surface area contributed by atoms with E-state index in [2.05, 4.69) is 0 Å². The van der Waals surface area contributed by atoms with E-state index in [4.69, 9.17) is 9.47 Å².